The Balaban J connectivity index is 3.37. The van der Waals surface area contributed by atoms with Crippen molar-refractivity contribution in [3.8, 4) is 0 Å². The summed E-state index contributed by atoms with van der Waals surface area (Å²) in [5.41, 5.74) is 27.4. The minimum atomic E-state index is -1.53. The molecule has 7 amide bonds. The zero-order chi connectivity index (χ0) is 42.5. The Labute approximate surface area is 321 Å². The molecule has 0 unspecified atom stereocenters. The zero-order valence-corrected chi connectivity index (χ0v) is 31.1. The maximum atomic E-state index is 13.8. The minimum Gasteiger partial charge on any atom is -0.481 e. The number of nitrogens with one attached hydrogen (secondary N) is 6. The second-order valence-corrected chi connectivity index (χ2v) is 13.1. The van der Waals surface area contributed by atoms with Gasteiger partial charge in [-0.15, -0.1) is 0 Å². The maximum absolute atomic E-state index is 13.8. The molecular formula is C32H53N13O11. The van der Waals surface area contributed by atoms with Crippen LogP contribution in [0.1, 0.15) is 70.9 Å². The smallest absolute Gasteiger partial charge is 0.326 e. The monoisotopic (exact) mass is 795 g/mol. The maximum Gasteiger partial charge on any atom is 0.326 e. The summed E-state index contributed by atoms with van der Waals surface area (Å²) in [6.45, 7) is 3.13. The van der Waals surface area contributed by atoms with Crippen LogP contribution in [0.25, 0.3) is 0 Å². The van der Waals surface area contributed by atoms with Gasteiger partial charge in [-0.25, -0.2) is 9.78 Å². The molecule has 0 saturated carbocycles. The Morgan fingerprint density at radius 2 is 1.21 bits per heavy atom. The molecule has 1 heterocycles. The molecule has 0 radical (unpaired) electrons. The summed E-state index contributed by atoms with van der Waals surface area (Å²) in [5.74, 6) is -9.73. The van der Waals surface area contributed by atoms with Gasteiger partial charge in [-0.2, -0.15) is 0 Å². The molecule has 0 aliphatic carbocycles. The van der Waals surface area contributed by atoms with Gasteiger partial charge in [0.25, 0.3) is 0 Å². The van der Waals surface area contributed by atoms with Gasteiger partial charge in [0.15, 0.2) is 5.96 Å². The summed E-state index contributed by atoms with van der Waals surface area (Å²) in [5, 5.41) is 30.7. The van der Waals surface area contributed by atoms with Crippen molar-refractivity contribution in [2.45, 2.75) is 108 Å². The van der Waals surface area contributed by atoms with Gasteiger partial charge in [-0.3, -0.25) is 43.3 Å². The molecule has 0 fully saturated rings. The first kappa shape index (κ1) is 47.7. The largest absolute Gasteiger partial charge is 0.481 e. The molecular weight excluding hydrogens is 742 g/mol. The summed E-state index contributed by atoms with van der Waals surface area (Å²) in [6.07, 6.45) is 0.376. The minimum absolute atomic E-state index is 0.0155. The molecule has 24 heteroatoms. The second kappa shape index (κ2) is 24.2. The summed E-state index contributed by atoms with van der Waals surface area (Å²) in [4.78, 5) is 123. The first-order valence-corrected chi connectivity index (χ1v) is 17.5. The molecule has 0 saturated heterocycles. The van der Waals surface area contributed by atoms with Crippen LogP contribution in [0.2, 0.25) is 0 Å². The number of primary amides is 2. The molecule has 6 atom stereocenters. The van der Waals surface area contributed by atoms with Crippen LogP contribution in [0.15, 0.2) is 17.5 Å². The SMILES string of the molecule is CC(C)[C@H](NC(=O)[C@H](CCCN=C(N)N)NC(=O)[C@H](CCC(N)=O)NC(=O)[C@H](Cc1cnc[nH]1)NC(=O)[C@@H](N)CCC(=O)O)C(=O)N[C@@H](CCC(N)=O)C(=O)O. The number of carboxylic acids is 2. The molecule has 0 bridgehead atoms. The highest BCUT2D eigenvalue weighted by Gasteiger charge is 2.34. The van der Waals surface area contributed by atoms with Crippen LogP contribution in [-0.4, -0.2) is 122 Å². The molecule has 1 aromatic heterocycles. The van der Waals surface area contributed by atoms with E-state index in [9.17, 15) is 48.3 Å². The Bertz CT molecular complexity index is 1570. The van der Waals surface area contributed by atoms with Gasteiger partial charge >= 0.3 is 11.9 Å². The fourth-order valence-electron chi connectivity index (χ4n) is 4.98. The van der Waals surface area contributed by atoms with E-state index in [1.807, 2.05) is 0 Å². The van der Waals surface area contributed by atoms with E-state index < -0.39 is 108 Å². The number of guanidine groups is 1. The third-order valence-electron chi connectivity index (χ3n) is 8.05. The number of H-pyrrole nitrogens is 1. The molecule has 18 N–H and O–H groups in total. The number of carbonyl (C=O) groups is 9. The van der Waals surface area contributed by atoms with Gasteiger partial charge in [0, 0.05) is 44.1 Å². The average Bonchev–Trinajstić information content (AvgIpc) is 3.62. The molecule has 0 aliphatic rings. The van der Waals surface area contributed by atoms with Crippen LogP contribution in [0.5, 0.6) is 0 Å². The zero-order valence-electron chi connectivity index (χ0n) is 31.1. The van der Waals surface area contributed by atoms with Gasteiger partial charge in [0.1, 0.15) is 30.2 Å². The molecule has 0 aliphatic heterocycles. The quantitative estimate of drug-likeness (QED) is 0.0225. The number of aromatic nitrogens is 2. The second-order valence-electron chi connectivity index (χ2n) is 13.1. The van der Waals surface area contributed by atoms with Crippen molar-refractivity contribution in [3.05, 3.63) is 18.2 Å². The van der Waals surface area contributed by atoms with E-state index in [-0.39, 0.29) is 57.5 Å². The van der Waals surface area contributed by atoms with Gasteiger partial charge in [-0.05, 0) is 38.0 Å². The lowest BCUT2D eigenvalue weighted by atomic mass is 10.0. The van der Waals surface area contributed by atoms with Crippen molar-refractivity contribution in [2.24, 2.45) is 39.6 Å². The van der Waals surface area contributed by atoms with Crippen LogP contribution in [0.4, 0.5) is 0 Å². The van der Waals surface area contributed by atoms with Crippen LogP contribution >= 0.6 is 0 Å². The lowest BCUT2D eigenvalue weighted by Crippen LogP contribution is -2.60. The molecule has 1 rings (SSSR count). The topological polar surface area (TPSA) is 425 Å². The Morgan fingerprint density at radius 3 is 1.71 bits per heavy atom. The molecule has 24 nitrogen and oxygen atoms in total. The fraction of sp³-hybridized carbons (Fsp3) is 0.594. The van der Waals surface area contributed by atoms with Crippen LogP contribution < -0.4 is 55.3 Å². The third-order valence-corrected chi connectivity index (χ3v) is 8.05. The number of hydrogen-bond donors (Lipinski definition) is 13. The van der Waals surface area contributed by atoms with Gasteiger partial charge in [-0.1, -0.05) is 13.8 Å². The predicted octanol–water partition coefficient (Wildman–Crippen LogP) is -5.11. The average molecular weight is 796 g/mol. The summed E-state index contributed by atoms with van der Waals surface area (Å²) in [6, 6.07) is -8.51. The Morgan fingerprint density at radius 1 is 0.696 bits per heavy atom. The van der Waals surface area contributed by atoms with Gasteiger partial charge in [0.05, 0.1) is 12.4 Å². The summed E-state index contributed by atoms with van der Waals surface area (Å²) >= 11 is 0. The van der Waals surface area contributed by atoms with Crippen LogP contribution in [0, 0.1) is 5.92 Å². The lowest BCUT2D eigenvalue weighted by molar-refractivity contribution is -0.143. The van der Waals surface area contributed by atoms with Crippen molar-refractivity contribution < 1.29 is 53.4 Å². The van der Waals surface area contributed by atoms with Crippen LogP contribution in [-0.2, 0) is 49.6 Å². The van der Waals surface area contributed by atoms with E-state index in [2.05, 4.69) is 41.5 Å². The summed E-state index contributed by atoms with van der Waals surface area (Å²) < 4.78 is 0. The number of hydrogen-bond acceptors (Lipinski definition) is 12. The first-order chi connectivity index (χ1) is 26.2. The van der Waals surface area contributed by atoms with Crippen LogP contribution in [0.3, 0.4) is 0 Å². The van der Waals surface area contributed by atoms with Gasteiger partial charge < -0.3 is 70.4 Å². The molecule has 0 spiro atoms. The highest BCUT2D eigenvalue weighted by Crippen LogP contribution is 2.09. The lowest BCUT2D eigenvalue weighted by Gasteiger charge is -2.28. The van der Waals surface area contributed by atoms with Crippen molar-refractivity contribution in [1.29, 1.82) is 0 Å². The number of nitrogens with two attached hydrogens (primary N) is 5. The Kier molecular flexibility index (Phi) is 20.6. The Hall–Kier alpha value is -6.33. The number of imidazole rings is 1. The van der Waals surface area contributed by atoms with E-state index in [4.69, 9.17) is 33.8 Å². The van der Waals surface area contributed by atoms with Crippen molar-refractivity contribution in [3.63, 3.8) is 0 Å². The number of aliphatic imine (C=N–C) groups is 1. The number of aliphatic carboxylic acids is 2. The molecule has 56 heavy (non-hydrogen) atoms. The number of nitrogens with zero attached hydrogens (tertiary/aromatic N) is 2. The number of carbonyl (C=O) groups excluding carboxylic acids is 7. The number of carboxylic acid groups (broad SMARTS) is 2. The van der Waals surface area contributed by atoms with Crippen molar-refractivity contribution >= 4 is 59.2 Å². The highest BCUT2D eigenvalue weighted by molar-refractivity contribution is 5.96. The first-order valence-electron chi connectivity index (χ1n) is 17.5. The molecule has 1 aromatic rings. The van der Waals surface area contributed by atoms with E-state index in [0.29, 0.717) is 5.69 Å². The van der Waals surface area contributed by atoms with E-state index >= 15 is 0 Å². The molecule has 312 valence electrons. The standard InChI is InChI=1S/C32H53N13O11/c1-15(2)25(30(54)43-20(31(55)56)7-9-23(35)47)45-28(52)18(4-3-11-39-32(36)37)41-27(51)19(6-8-22(34)46)42-29(53)21(12-16-13-38-14-40-16)44-26(50)17(33)5-10-24(48)49/h13-15,17-21,25H,3-12,33H2,1-2H3,(H2,34,46)(H2,35,47)(H,38,40)(H,41,51)(H,42,53)(H,43,54)(H,44,50)(H,45,52)(H,48,49)(H,55,56)(H4,36,37,39)/t17-,18-,19-,20-,21-,25-/m0/s1. The molecule has 0 aromatic carbocycles. The third kappa shape index (κ3) is 18.6. The van der Waals surface area contributed by atoms with Gasteiger partial charge in [0.2, 0.25) is 41.4 Å². The normalized spacial score (nSPS) is 14.1. The number of rotatable bonds is 27. The fourth-order valence-corrected chi connectivity index (χ4v) is 4.98. The number of amides is 7. The number of aromatic amines is 1. The predicted molar refractivity (Wildman–Crippen MR) is 196 cm³/mol. The van der Waals surface area contributed by atoms with E-state index in [0.717, 1.165) is 0 Å². The highest BCUT2D eigenvalue weighted by atomic mass is 16.4. The van der Waals surface area contributed by atoms with Crippen molar-refractivity contribution in [2.75, 3.05) is 6.54 Å². The van der Waals surface area contributed by atoms with Crippen molar-refractivity contribution in [1.82, 2.24) is 36.6 Å². The van der Waals surface area contributed by atoms with E-state index in [1.165, 1.54) is 12.5 Å². The summed E-state index contributed by atoms with van der Waals surface area (Å²) in [7, 11) is 0. The van der Waals surface area contributed by atoms with E-state index in [1.54, 1.807) is 13.8 Å².